The predicted octanol–water partition coefficient (Wildman–Crippen LogP) is 1.52. The minimum atomic E-state index is -0.473. The average molecular weight is 542 g/mol. The summed E-state index contributed by atoms with van der Waals surface area (Å²) in [7, 11) is 1.66. The van der Waals surface area contributed by atoms with Crippen molar-refractivity contribution < 1.29 is 65.6 Å². The zero-order valence-corrected chi connectivity index (χ0v) is 25.1. The molecule has 1 unspecified atom stereocenters. The first-order valence-corrected chi connectivity index (χ1v) is 11.9. The van der Waals surface area contributed by atoms with Gasteiger partial charge in [-0.05, 0) is 55.8 Å². The Morgan fingerprint density at radius 2 is 2.18 bits per heavy atom. The fourth-order valence-electron chi connectivity index (χ4n) is 4.56. The Labute approximate surface area is 263 Å². The Bertz CT molecular complexity index is 1420. The number of nitrogens with two attached hydrogens (primary N) is 1. The van der Waals surface area contributed by atoms with Crippen molar-refractivity contribution in [2.24, 2.45) is 10.7 Å². The maximum Gasteiger partial charge on any atom is 1.00 e. The number of nitriles is 1. The Kier molecular flexibility index (Phi) is 10.5. The van der Waals surface area contributed by atoms with Gasteiger partial charge in [-0.15, -0.1) is 0 Å². The number of fused-ring (bicyclic) bond motifs is 1. The number of benzene rings is 1. The van der Waals surface area contributed by atoms with Gasteiger partial charge in [0.1, 0.15) is 11.7 Å². The fraction of sp³-hybridized carbons (Fsp3) is 0.296. The quantitative estimate of drug-likeness (QED) is 0.202. The summed E-state index contributed by atoms with van der Waals surface area (Å²) in [5.41, 5.74) is 9.21. The third kappa shape index (κ3) is 6.28. The molecule has 3 N–H and O–H groups in total. The second kappa shape index (κ2) is 13.4. The summed E-state index contributed by atoms with van der Waals surface area (Å²) < 4.78 is 22.5. The second-order valence-electron chi connectivity index (χ2n) is 8.60. The van der Waals surface area contributed by atoms with Crippen molar-refractivity contribution in [1.29, 1.82) is 5.26 Å². The zero-order chi connectivity index (χ0) is 26.5. The maximum atomic E-state index is 15.2. The Morgan fingerprint density at radius 3 is 2.84 bits per heavy atom. The first kappa shape index (κ1) is 29.8. The van der Waals surface area contributed by atoms with E-state index < -0.39 is 5.82 Å². The number of aryl methyl sites for hydroxylation is 2. The van der Waals surface area contributed by atoms with E-state index in [2.05, 4.69) is 15.3 Å². The molecule has 1 atom stereocenters. The van der Waals surface area contributed by atoms with Crippen LogP contribution in [-0.2, 0) is 11.2 Å². The first-order valence-electron chi connectivity index (χ1n) is 11.9. The Balaban J connectivity index is 0.00000400. The number of pyridine rings is 1. The van der Waals surface area contributed by atoms with Crippen LogP contribution in [0.4, 0.5) is 10.2 Å². The third-order valence-electron chi connectivity index (χ3n) is 6.23. The maximum absolute atomic E-state index is 15.2. The number of hydrogen-bond donors (Lipinski definition) is 2. The molecule has 38 heavy (non-hydrogen) atoms. The van der Waals surface area contributed by atoms with Crippen LogP contribution in [-0.4, -0.2) is 58.2 Å². The topological polar surface area (TPSA) is 127 Å². The van der Waals surface area contributed by atoms with E-state index in [4.69, 9.17) is 10.5 Å². The van der Waals surface area contributed by atoms with E-state index in [-0.39, 0.29) is 68.8 Å². The number of amidine groups is 1. The number of hydrogen-bond acceptors (Lipinski definition) is 6. The van der Waals surface area contributed by atoms with Crippen LogP contribution in [0.1, 0.15) is 23.7 Å². The molecule has 9 nitrogen and oxygen atoms in total. The van der Waals surface area contributed by atoms with E-state index in [0.717, 1.165) is 22.9 Å². The van der Waals surface area contributed by atoms with Crippen LogP contribution in [0.25, 0.3) is 21.9 Å². The van der Waals surface area contributed by atoms with Gasteiger partial charge in [0.2, 0.25) is 0 Å². The molecule has 1 saturated heterocycles. The standard InChI is InChI=1S/C27H29FN7O2.K/c1-4-20-11-19-15-32-25(12-23(19)35(20)27-17(2)9-18(14-29)10-22(27)28)33-24(30)13-26(31-3)34-6-8-37-16-21(34)5-7-36;/h5,7,9-13,15,21H,4,6,8,16H2,1-3H3,(H3-,30,31,32,33,36);/q-1;+1. The van der Waals surface area contributed by atoms with Crippen LogP contribution in [0.3, 0.4) is 0 Å². The molecule has 192 valence electrons. The number of rotatable bonds is 7. The van der Waals surface area contributed by atoms with Crippen molar-refractivity contribution in [2.75, 3.05) is 26.8 Å². The normalized spacial score (nSPS) is 16.5. The number of morpholine rings is 1. The van der Waals surface area contributed by atoms with Gasteiger partial charge < -0.3 is 30.4 Å². The molecule has 1 aliphatic heterocycles. The number of aromatic nitrogens is 2. The second-order valence-corrected chi connectivity index (χ2v) is 8.60. The SMILES string of the molecule is CCc1cc2cnc(N=C(N)/C=C(\[N-]C)N3CCOCC3C=CO)cc2n1-c1c(C)cc(C#N)cc1F.[K+]. The Morgan fingerprint density at radius 1 is 1.39 bits per heavy atom. The largest absolute Gasteiger partial charge is 1.00 e. The molecule has 3 heterocycles. The van der Waals surface area contributed by atoms with E-state index in [1.165, 1.54) is 6.07 Å². The fourth-order valence-corrected chi connectivity index (χ4v) is 4.56. The summed E-state index contributed by atoms with van der Waals surface area (Å²) in [6, 6.07) is 8.47. The zero-order valence-electron chi connectivity index (χ0n) is 22.0. The molecule has 0 saturated carbocycles. The van der Waals surface area contributed by atoms with Crippen LogP contribution in [0.2, 0.25) is 0 Å². The summed E-state index contributed by atoms with van der Waals surface area (Å²) in [6.07, 6.45) is 6.63. The third-order valence-corrected chi connectivity index (χ3v) is 6.23. The molecule has 3 aromatic rings. The Hall–Kier alpha value is -2.72. The van der Waals surface area contributed by atoms with Gasteiger partial charge in [-0.2, -0.15) is 5.26 Å². The predicted molar refractivity (Wildman–Crippen MR) is 142 cm³/mol. The van der Waals surface area contributed by atoms with Gasteiger partial charge in [-0.1, -0.05) is 19.8 Å². The molecule has 2 aromatic heterocycles. The van der Waals surface area contributed by atoms with Crippen LogP contribution in [0.15, 0.2) is 59.7 Å². The monoisotopic (exact) mass is 541 g/mol. The van der Waals surface area contributed by atoms with Crippen LogP contribution in [0.5, 0.6) is 0 Å². The summed E-state index contributed by atoms with van der Waals surface area (Å²) >= 11 is 0. The number of ether oxygens (including phenoxy) is 1. The summed E-state index contributed by atoms with van der Waals surface area (Å²) in [4.78, 5) is 10.9. The van der Waals surface area contributed by atoms with E-state index >= 15 is 4.39 Å². The number of aliphatic hydroxyl groups is 1. The smallest absolute Gasteiger partial charge is 0.516 e. The van der Waals surface area contributed by atoms with Gasteiger partial charge in [0.15, 0.2) is 5.82 Å². The van der Waals surface area contributed by atoms with Crippen molar-refractivity contribution in [3.63, 3.8) is 0 Å². The minimum absolute atomic E-state index is 0. The van der Waals surface area contributed by atoms with E-state index in [9.17, 15) is 10.4 Å². The molecule has 11 heteroatoms. The van der Waals surface area contributed by atoms with Gasteiger partial charge in [0, 0.05) is 36.0 Å². The van der Waals surface area contributed by atoms with E-state index in [0.29, 0.717) is 49.1 Å². The van der Waals surface area contributed by atoms with Crippen LogP contribution in [0, 0.1) is 24.1 Å². The number of nitrogens with zero attached hydrogens (tertiary/aromatic N) is 6. The van der Waals surface area contributed by atoms with Crippen molar-refractivity contribution in [3.05, 3.63) is 82.7 Å². The molecule has 0 amide bonds. The molecular formula is C27H29FKN7O2. The van der Waals surface area contributed by atoms with Gasteiger partial charge in [0.25, 0.3) is 0 Å². The summed E-state index contributed by atoms with van der Waals surface area (Å²) in [5.74, 6) is 0.680. The van der Waals surface area contributed by atoms with Crippen molar-refractivity contribution in [1.82, 2.24) is 14.5 Å². The average Bonchev–Trinajstić information content (AvgIpc) is 3.25. The van der Waals surface area contributed by atoms with Crippen molar-refractivity contribution in [2.45, 2.75) is 26.3 Å². The van der Waals surface area contributed by atoms with Gasteiger partial charge in [-0.3, -0.25) is 0 Å². The first-order chi connectivity index (χ1) is 17.9. The molecule has 1 aromatic carbocycles. The molecule has 0 bridgehead atoms. The molecule has 0 aliphatic carbocycles. The molecule has 0 spiro atoms. The van der Waals surface area contributed by atoms with Gasteiger partial charge >= 0.3 is 51.4 Å². The summed E-state index contributed by atoms with van der Waals surface area (Å²) in [6.45, 7) is 5.31. The van der Waals surface area contributed by atoms with Gasteiger partial charge in [0.05, 0.1) is 35.7 Å². The molecule has 1 fully saturated rings. The number of halogens is 1. The van der Waals surface area contributed by atoms with E-state index in [1.54, 1.807) is 44.5 Å². The number of aliphatic imine (C=N–C) groups is 1. The minimum Gasteiger partial charge on any atom is -0.516 e. The molecular weight excluding hydrogens is 512 g/mol. The van der Waals surface area contributed by atoms with Crippen molar-refractivity contribution >= 4 is 22.6 Å². The molecule has 1 aliphatic rings. The number of aliphatic hydroxyl groups excluding tert-OH is 1. The van der Waals surface area contributed by atoms with Crippen LogP contribution < -0.4 is 57.1 Å². The van der Waals surface area contributed by atoms with Crippen LogP contribution >= 0.6 is 0 Å². The van der Waals surface area contributed by atoms with E-state index in [1.807, 2.05) is 28.5 Å². The van der Waals surface area contributed by atoms with Gasteiger partial charge in [-0.25, -0.2) is 14.4 Å². The molecule has 0 radical (unpaired) electrons. The summed E-state index contributed by atoms with van der Waals surface area (Å²) in [5, 5.41) is 23.6. The molecule has 4 rings (SSSR count). The van der Waals surface area contributed by atoms with Crippen molar-refractivity contribution in [3.8, 4) is 11.8 Å².